The van der Waals surface area contributed by atoms with Crippen molar-refractivity contribution in [2.45, 2.75) is 0 Å². The molecule has 0 bridgehead atoms. The highest BCUT2D eigenvalue weighted by atomic mass is 79.9. The number of hydrogen-bond donors (Lipinski definition) is 2. The molecule has 0 aliphatic rings. The van der Waals surface area contributed by atoms with Gasteiger partial charge in [-0.05, 0) is 6.07 Å². The lowest BCUT2D eigenvalue weighted by Gasteiger charge is -2.04. The van der Waals surface area contributed by atoms with Gasteiger partial charge in [0.1, 0.15) is 11.8 Å². The quantitative estimate of drug-likeness (QED) is 0.362. The topological polar surface area (TPSA) is 87.1 Å². The van der Waals surface area contributed by atoms with E-state index in [4.69, 9.17) is 11.0 Å². The molecule has 0 atom stereocenters. The number of ketones is 1. The molecule has 0 saturated heterocycles. The third-order valence-electron chi connectivity index (χ3n) is 1.71. The summed E-state index contributed by atoms with van der Waals surface area (Å²) in [5.74, 6) is -0.501. The number of nitriles is 1. The first-order valence-electron chi connectivity index (χ1n) is 3.72. The van der Waals surface area contributed by atoms with Gasteiger partial charge in [0, 0.05) is 6.07 Å². The zero-order valence-corrected chi connectivity index (χ0v) is 8.71. The molecular weight excluding hydrogens is 248 g/mol. The second kappa shape index (κ2) is 4.11. The summed E-state index contributed by atoms with van der Waals surface area (Å²) in [4.78, 5) is 11.2. The molecule has 4 nitrogen and oxygen atoms in total. The Morgan fingerprint density at radius 2 is 2.29 bits per heavy atom. The number of Topliss-reactive ketones (excluding diaryl/α,β-unsaturated/α-hetero) is 1. The molecule has 0 radical (unpaired) electrons. The van der Waals surface area contributed by atoms with Crippen LogP contribution in [0.5, 0.6) is 5.75 Å². The Bertz CT molecular complexity index is 424. The molecule has 0 spiro atoms. The molecule has 3 N–H and O–H groups in total. The predicted molar refractivity (Wildman–Crippen MR) is 55.4 cm³/mol. The maximum Gasteiger partial charge on any atom is 0.177 e. The van der Waals surface area contributed by atoms with Crippen LogP contribution >= 0.6 is 15.9 Å². The standard InChI is InChI=1S/C9H7BrN2O2/c10-3-9(14)6-2-7(12)5(4-11)1-8(6)13/h1-2,13H,3,12H2. The first-order valence-corrected chi connectivity index (χ1v) is 4.84. The molecule has 1 aromatic rings. The summed E-state index contributed by atoms with van der Waals surface area (Å²) < 4.78 is 0. The lowest BCUT2D eigenvalue weighted by Crippen LogP contribution is -2.02. The largest absolute Gasteiger partial charge is 0.507 e. The number of phenolic OH excluding ortho intramolecular Hbond substituents is 1. The van der Waals surface area contributed by atoms with E-state index in [0.717, 1.165) is 0 Å². The summed E-state index contributed by atoms with van der Waals surface area (Å²) in [6.07, 6.45) is 0. The van der Waals surface area contributed by atoms with Gasteiger partial charge < -0.3 is 10.8 Å². The van der Waals surface area contributed by atoms with E-state index in [1.165, 1.54) is 12.1 Å². The number of carbonyl (C=O) groups is 1. The summed E-state index contributed by atoms with van der Waals surface area (Å²) in [5, 5.41) is 18.1. The van der Waals surface area contributed by atoms with Crippen molar-refractivity contribution < 1.29 is 9.90 Å². The second-order valence-corrected chi connectivity index (χ2v) is 3.19. The number of anilines is 1. The van der Waals surface area contributed by atoms with Gasteiger partial charge in [0.05, 0.1) is 22.1 Å². The number of benzene rings is 1. The predicted octanol–water partition coefficient (Wildman–Crippen LogP) is 1.42. The SMILES string of the molecule is N#Cc1cc(O)c(C(=O)CBr)cc1N. The van der Waals surface area contributed by atoms with Crippen LogP contribution in [0.4, 0.5) is 5.69 Å². The maximum atomic E-state index is 11.2. The van der Waals surface area contributed by atoms with Crippen LogP contribution in [0.15, 0.2) is 12.1 Å². The molecule has 0 saturated carbocycles. The van der Waals surface area contributed by atoms with Crippen molar-refractivity contribution in [1.82, 2.24) is 0 Å². The van der Waals surface area contributed by atoms with Gasteiger partial charge in [-0.2, -0.15) is 5.26 Å². The van der Waals surface area contributed by atoms with Crippen LogP contribution in [0.2, 0.25) is 0 Å². The minimum absolute atomic E-state index is 0.103. The molecule has 0 aliphatic carbocycles. The van der Waals surface area contributed by atoms with Crippen LogP contribution in [0, 0.1) is 11.3 Å². The Balaban J connectivity index is 3.30. The molecule has 5 heteroatoms. The average molecular weight is 255 g/mol. The number of nitrogen functional groups attached to an aromatic ring is 1. The molecule has 1 aromatic carbocycles. The van der Waals surface area contributed by atoms with E-state index < -0.39 is 0 Å². The van der Waals surface area contributed by atoms with Gasteiger partial charge in [-0.25, -0.2) is 0 Å². The van der Waals surface area contributed by atoms with Crippen LogP contribution in [0.25, 0.3) is 0 Å². The van der Waals surface area contributed by atoms with E-state index in [1.54, 1.807) is 0 Å². The molecule has 0 unspecified atom stereocenters. The highest BCUT2D eigenvalue weighted by Crippen LogP contribution is 2.24. The van der Waals surface area contributed by atoms with Crippen LogP contribution < -0.4 is 5.73 Å². The van der Waals surface area contributed by atoms with Crippen LogP contribution in [0.1, 0.15) is 15.9 Å². The summed E-state index contributed by atoms with van der Waals surface area (Å²) in [7, 11) is 0. The zero-order valence-electron chi connectivity index (χ0n) is 7.12. The molecule has 1 rings (SSSR count). The van der Waals surface area contributed by atoms with E-state index in [9.17, 15) is 9.90 Å². The normalized spacial score (nSPS) is 9.43. The fourth-order valence-corrected chi connectivity index (χ4v) is 1.30. The van der Waals surface area contributed by atoms with Gasteiger partial charge in [-0.15, -0.1) is 0 Å². The van der Waals surface area contributed by atoms with Crippen molar-refractivity contribution in [3.63, 3.8) is 0 Å². The Morgan fingerprint density at radius 3 is 2.79 bits per heavy atom. The summed E-state index contributed by atoms with van der Waals surface area (Å²) in [6, 6.07) is 4.30. The van der Waals surface area contributed by atoms with E-state index >= 15 is 0 Å². The number of alkyl halides is 1. The van der Waals surface area contributed by atoms with Gasteiger partial charge in [0.2, 0.25) is 0 Å². The van der Waals surface area contributed by atoms with Crippen LogP contribution in [-0.2, 0) is 0 Å². The van der Waals surface area contributed by atoms with Crippen molar-refractivity contribution in [2.75, 3.05) is 11.1 Å². The number of carbonyl (C=O) groups excluding carboxylic acids is 1. The van der Waals surface area contributed by atoms with Gasteiger partial charge in [0.25, 0.3) is 0 Å². The Kier molecular flexibility index (Phi) is 3.10. The number of phenols is 1. The highest BCUT2D eigenvalue weighted by molar-refractivity contribution is 9.09. The molecule has 0 aliphatic heterocycles. The number of nitrogens with two attached hydrogens (primary N) is 1. The summed E-state index contributed by atoms with van der Waals surface area (Å²) >= 11 is 2.98. The van der Waals surface area contributed by atoms with Crippen molar-refractivity contribution in [3.8, 4) is 11.8 Å². The molecule has 0 heterocycles. The minimum Gasteiger partial charge on any atom is -0.507 e. The van der Waals surface area contributed by atoms with Gasteiger partial charge >= 0.3 is 0 Å². The second-order valence-electron chi connectivity index (χ2n) is 2.63. The average Bonchev–Trinajstić information content (AvgIpc) is 2.19. The number of nitrogens with zero attached hydrogens (tertiary/aromatic N) is 1. The zero-order chi connectivity index (χ0) is 10.7. The van der Waals surface area contributed by atoms with E-state index in [-0.39, 0.29) is 33.7 Å². The summed E-state index contributed by atoms with van der Waals surface area (Å²) in [5.41, 5.74) is 5.97. The third kappa shape index (κ3) is 1.86. The molecule has 0 fully saturated rings. The lowest BCUT2D eigenvalue weighted by molar-refractivity contribution is 0.102. The molecule has 0 amide bonds. The first kappa shape index (κ1) is 10.5. The van der Waals surface area contributed by atoms with E-state index in [0.29, 0.717) is 0 Å². The van der Waals surface area contributed by atoms with Crippen LogP contribution in [-0.4, -0.2) is 16.2 Å². The number of hydrogen-bond acceptors (Lipinski definition) is 4. The minimum atomic E-state index is -0.279. The van der Waals surface area contributed by atoms with Gasteiger partial charge in [-0.1, -0.05) is 15.9 Å². The molecular formula is C9H7BrN2O2. The number of aromatic hydroxyl groups is 1. The van der Waals surface area contributed by atoms with Crippen molar-refractivity contribution in [3.05, 3.63) is 23.3 Å². The first-order chi connectivity index (χ1) is 6.60. The molecule has 0 aromatic heterocycles. The molecule has 14 heavy (non-hydrogen) atoms. The van der Waals surface area contributed by atoms with Gasteiger partial charge in [-0.3, -0.25) is 4.79 Å². The van der Waals surface area contributed by atoms with Crippen molar-refractivity contribution >= 4 is 27.4 Å². The monoisotopic (exact) mass is 254 g/mol. The highest BCUT2D eigenvalue weighted by Gasteiger charge is 2.12. The van der Waals surface area contributed by atoms with E-state index in [2.05, 4.69) is 15.9 Å². The Labute approximate surface area is 89.1 Å². The fourth-order valence-electron chi connectivity index (χ4n) is 0.997. The molecule has 72 valence electrons. The fraction of sp³-hybridized carbons (Fsp3) is 0.111. The smallest absolute Gasteiger partial charge is 0.177 e. The van der Waals surface area contributed by atoms with Crippen molar-refractivity contribution in [2.24, 2.45) is 0 Å². The number of rotatable bonds is 2. The third-order valence-corrected chi connectivity index (χ3v) is 2.22. The van der Waals surface area contributed by atoms with E-state index in [1.807, 2.05) is 6.07 Å². The Morgan fingerprint density at radius 1 is 1.64 bits per heavy atom. The Hall–Kier alpha value is -1.54. The van der Waals surface area contributed by atoms with Gasteiger partial charge in [0.15, 0.2) is 5.78 Å². The van der Waals surface area contributed by atoms with Crippen molar-refractivity contribution in [1.29, 1.82) is 5.26 Å². The number of halogens is 1. The van der Waals surface area contributed by atoms with Crippen LogP contribution in [0.3, 0.4) is 0 Å². The summed E-state index contributed by atoms with van der Waals surface area (Å²) in [6.45, 7) is 0. The maximum absolute atomic E-state index is 11.2. The lowest BCUT2D eigenvalue weighted by atomic mass is 10.1.